The van der Waals surface area contributed by atoms with E-state index in [9.17, 15) is 4.79 Å². The quantitative estimate of drug-likeness (QED) is 0.781. The Hall–Kier alpha value is -2.90. The molecule has 1 fully saturated rings. The molecule has 4 heteroatoms. The first-order valence-electron chi connectivity index (χ1n) is 9.52. The monoisotopic (exact) mass is 357 g/mol. The van der Waals surface area contributed by atoms with Crippen molar-refractivity contribution in [2.24, 2.45) is 0 Å². The number of fused-ring (bicyclic) bond motifs is 1. The third-order valence-corrected chi connectivity index (χ3v) is 5.60. The summed E-state index contributed by atoms with van der Waals surface area (Å²) < 4.78 is 0. The molecule has 0 radical (unpaired) electrons. The van der Waals surface area contributed by atoms with Gasteiger partial charge in [-0.05, 0) is 43.5 Å². The van der Waals surface area contributed by atoms with Crippen molar-refractivity contribution in [1.82, 2.24) is 4.90 Å². The number of anilines is 1. The van der Waals surface area contributed by atoms with E-state index in [1.807, 2.05) is 60.4 Å². The lowest BCUT2D eigenvalue weighted by molar-refractivity contribution is -0.113. The van der Waals surface area contributed by atoms with Crippen LogP contribution in [0.3, 0.4) is 0 Å². The van der Waals surface area contributed by atoms with Crippen LogP contribution in [0.25, 0.3) is 5.57 Å². The molecule has 2 aliphatic rings. The molecule has 4 nitrogen and oxygen atoms in total. The van der Waals surface area contributed by atoms with Crippen LogP contribution < -0.4 is 4.90 Å². The lowest BCUT2D eigenvalue weighted by atomic mass is 10.0. The van der Waals surface area contributed by atoms with Gasteiger partial charge in [0.05, 0.1) is 17.3 Å². The van der Waals surface area contributed by atoms with Crippen molar-refractivity contribution in [2.45, 2.75) is 32.4 Å². The molecule has 2 heterocycles. The maximum atomic E-state index is 12.9. The molecule has 2 aromatic rings. The van der Waals surface area contributed by atoms with Gasteiger partial charge in [-0.3, -0.25) is 9.69 Å². The van der Waals surface area contributed by atoms with Gasteiger partial charge in [0.2, 0.25) is 0 Å². The average Bonchev–Trinajstić information content (AvgIpc) is 3.00. The molecule has 27 heavy (non-hydrogen) atoms. The molecule has 0 N–H and O–H groups in total. The Bertz CT molecular complexity index is 915. The maximum Gasteiger partial charge on any atom is 0.258 e. The van der Waals surface area contributed by atoms with Crippen molar-refractivity contribution in [1.29, 1.82) is 5.26 Å². The number of nitrogens with zero attached hydrogens (tertiary/aromatic N) is 3. The van der Waals surface area contributed by atoms with Crippen molar-refractivity contribution >= 4 is 17.2 Å². The number of carbonyl (C=O) groups excluding carboxylic acids is 1. The second-order valence-electron chi connectivity index (χ2n) is 7.21. The fourth-order valence-corrected chi connectivity index (χ4v) is 4.19. The Morgan fingerprint density at radius 3 is 2.48 bits per heavy atom. The molecule has 0 unspecified atom stereocenters. The molecule has 0 atom stereocenters. The molecule has 0 spiro atoms. The van der Waals surface area contributed by atoms with E-state index in [2.05, 4.69) is 17.0 Å². The standard InChI is InChI=1S/C23H23N3O/c1-2-20-21-5-3-4-6-22(21)26(23(20)27)19-11-13-25(14-12-19)16-18-9-7-17(15-24)8-10-18/h2-10,19H,11-14,16H2,1H3/b20-2-. The van der Waals surface area contributed by atoms with Crippen molar-refractivity contribution in [2.75, 3.05) is 18.0 Å². The minimum atomic E-state index is 0.143. The number of nitriles is 1. The predicted molar refractivity (Wildman–Crippen MR) is 107 cm³/mol. The van der Waals surface area contributed by atoms with Crippen molar-refractivity contribution in [3.8, 4) is 6.07 Å². The molecule has 0 aliphatic carbocycles. The van der Waals surface area contributed by atoms with Crippen molar-refractivity contribution in [3.05, 3.63) is 71.3 Å². The number of amides is 1. The molecular formula is C23H23N3O. The van der Waals surface area contributed by atoms with Crippen molar-refractivity contribution in [3.63, 3.8) is 0 Å². The van der Waals surface area contributed by atoms with Gasteiger partial charge in [-0.2, -0.15) is 5.26 Å². The molecule has 0 aromatic heterocycles. The number of piperidine rings is 1. The molecule has 4 rings (SSSR count). The smallest absolute Gasteiger partial charge is 0.258 e. The minimum absolute atomic E-state index is 0.143. The zero-order valence-electron chi connectivity index (χ0n) is 15.6. The van der Waals surface area contributed by atoms with E-state index in [1.54, 1.807) is 0 Å². The second-order valence-corrected chi connectivity index (χ2v) is 7.21. The second kappa shape index (κ2) is 7.38. The van der Waals surface area contributed by atoms with Gasteiger partial charge >= 0.3 is 0 Å². The zero-order chi connectivity index (χ0) is 18.8. The fraction of sp³-hybridized carbons (Fsp3) is 0.304. The summed E-state index contributed by atoms with van der Waals surface area (Å²) in [5.41, 5.74) is 4.87. The highest BCUT2D eigenvalue weighted by Gasteiger charge is 2.37. The van der Waals surface area contributed by atoms with Crippen LogP contribution in [0, 0.1) is 11.3 Å². The lowest BCUT2D eigenvalue weighted by Gasteiger charge is -2.37. The van der Waals surface area contributed by atoms with Gasteiger partial charge in [0.1, 0.15) is 0 Å². The summed E-state index contributed by atoms with van der Waals surface area (Å²) >= 11 is 0. The number of hydrogen-bond acceptors (Lipinski definition) is 3. The first kappa shape index (κ1) is 17.5. The predicted octanol–water partition coefficient (Wildman–Crippen LogP) is 3.97. The third kappa shape index (κ3) is 3.27. The third-order valence-electron chi connectivity index (χ3n) is 5.60. The highest BCUT2D eigenvalue weighted by molar-refractivity contribution is 6.32. The van der Waals surface area contributed by atoms with E-state index in [-0.39, 0.29) is 11.9 Å². The molecule has 0 bridgehead atoms. The average molecular weight is 357 g/mol. The summed E-state index contributed by atoms with van der Waals surface area (Å²) in [6, 6.07) is 18.3. The van der Waals surface area contributed by atoms with E-state index in [4.69, 9.17) is 5.26 Å². The van der Waals surface area contributed by atoms with E-state index in [0.717, 1.165) is 49.3 Å². The molecule has 1 saturated heterocycles. The van der Waals surface area contributed by atoms with Gasteiger partial charge < -0.3 is 4.90 Å². The first-order chi connectivity index (χ1) is 13.2. The van der Waals surface area contributed by atoms with Crippen LogP contribution in [-0.2, 0) is 11.3 Å². The van der Waals surface area contributed by atoms with E-state index in [1.165, 1.54) is 5.56 Å². The highest BCUT2D eigenvalue weighted by Crippen LogP contribution is 2.39. The molecule has 0 saturated carbocycles. The molecule has 2 aliphatic heterocycles. The van der Waals surface area contributed by atoms with Crippen LogP contribution in [0.4, 0.5) is 5.69 Å². The van der Waals surface area contributed by atoms with E-state index >= 15 is 0 Å². The minimum Gasteiger partial charge on any atom is -0.305 e. The summed E-state index contributed by atoms with van der Waals surface area (Å²) in [6.45, 7) is 4.78. The Kier molecular flexibility index (Phi) is 4.79. The Balaban J connectivity index is 1.43. The number of rotatable bonds is 3. The number of hydrogen-bond donors (Lipinski definition) is 0. The largest absolute Gasteiger partial charge is 0.305 e. The summed E-state index contributed by atoms with van der Waals surface area (Å²) in [5.74, 6) is 0.143. The Labute approximate surface area is 160 Å². The van der Waals surface area contributed by atoms with Gasteiger partial charge in [-0.25, -0.2) is 0 Å². The number of benzene rings is 2. The fourth-order valence-electron chi connectivity index (χ4n) is 4.19. The van der Waals surface area contributed by atoms with Crippen LogP contribution in [0.5, 0.6) is 0 Å². The first-order valence-corrected chi connectivity index (χ1v) is 9.52. The van der Waals surface area contributed by atoms with E-state index in [0.29, 0.717) is 5.56 Å². The number of para-hydroxylation sites is 1. The summed E-state index contributed by atoms with van der Waals surface area (Å²) in [4.78, 5) is 17.4. The molecular weight excluding hydrogens is 334 g/mol. The van der Waals surface area contributed by atoms with Crippen LogP contribution in [0.2, 0.25) is 0 Å². The van der Waals surface area contributed by atoms with Gasteiger partial charge in [0.25, 0.3) is 5.91 Å². The van der Waals surface area contributed by atoms with Gasteiger partial charge in [-0.1, -0.05) is 36.4 Å². The number of carbonyl (C=O) groups is 1. The van der Waals surface area contributed by atoms with Gasteiger partial charge in [-0.15, -0.1) is 0 Å². The number of allylic oxidation sites excluding steroid dienone is 1. The van der Waals surface area contributed by atoms with Gasteiger partial charge in [0, 0.05) is 36.8 Å². The summed E-state index contributed by atoms with van der Waals surface area (Å²) in [5, 5.41) is 8.91. The highest BCUT2D eigenvalue weighted by atomic mass is 16.2. The van der Waals surface area contributed by atoms with Crippen molar-refractivity contribution < 1.29 is 4.79 Å². The van der Waals surface area contributed by atoms with Crippen LogP contribution in [-0.4, -0.2) is 29.9 Å². The summed E-state index contributed by atoms with van der Waals surface area (Å²) in [6.07, 6.45) is 3.89. The lowest BCUT2D eigenvalue weighted by Crippen LogP contribution is -2.46. The maximum absolute atomic E-state index is 12.9. The van der Waals surface area contributed by atoms with Crippen LogP contribution >= 0.6 is 0 Å². The van der Waals surface area contributed by atoms with Crippen LogP contribution in [0.1, 0.15) is 36.5 Å². The summed E-state index contributed by atoms with van der Waals surface area (Å²) in [7, 11) is 0. The normalized spacial score (nSPS) is 19.3. The molecule has 136 valence electrons. The Morgan fingerprint density at radius 1 is 1.11 bits per heavy atom. The van der Waals surface area contributed by atoms with E-state index < -0.39 is 0 Å². The van der Waals surface area contributed by atoms with Gasteiger partial charge in [0.15, 0.2) is 0 Å². The Morgan fingerprint density at radius 2 is 1.81 bits per heavy atom. The topological polar surface area (TPSA) is 47.3 Å². The van der Waals surface area contributed by atoms with Crippen LogP contribution in [0.15, 0.2) is 54.6 Å². The molecule has 1 amide bonds. The molecule has 2 aromatic carbocycles. The number of likely N-dealkylation sites (tertiary alicyclic amines) is 1. The zero-order valence-corrected chi connectivity index (χ0v) is 15.6. The SMILES string of the molecule is C/C=C1\C(=O)N(C2CCN(Cc3ccc(C#N)cc3)CC2)c2ccccc21.